The third-order valence-corrected chi connectivity index (χ3v) is 3.54. The van der Waals surface area contributed by atoms with Crippen LogP contribution in [0, 0.1) is 6.92 Å². The van der Waals surface area contributed by atoms with E-state index in [1.165, 1.54) is 11.1 Å². The summed E-state index contributed by atoms with van der Waals surface area (Å²) in [4.78, 5) is 10.9. The first-order valence-electron chi connectivity index (χ1n) is 6.92. The molecule has 3 heteroatoms. The quantitative estimate of drug-likeness (QED) is 0.716. The van der Waals surface area contributed by atoms with Crippen LogP contribution in [0.25, 0.3) is 11.1 Å². The molecule has 0 radical (unpaired) electrons. The molecule has 0 atom stereocenters. The number of aromatic nitrogens is 2. The molecular formula is C18H17N3. The van der Waals surface area contributed by atoms with Gasteiger partial charge in [0.15, 0.2) is 0 Å². The van der Waals surface area contributed by atoms with Gasteiger partial charge >= 0.3 is 0 Å². The standard InChI is InChI=1S/C18H17N3/c1-14-8-6-7-11-17(14)15-12-19-18(20-13-15)21(2)16-9-4-3-5-10-16/h3-13H,1-2H3. The van der Waals surface area contributed by atoms with E-state index in [1.807, 2.05) is 66.8 Å². The van der Waals surface area contributed by atoms with E-state index in [1.54, 1.807) is 0 Å². The maximum atomic E-state index is 4.49. The van der Waals surface area contributed by atoms with Crippen LogP contribution in [0.3, 0.4) is 0 Å². The maximum absolute atomic E-state index is 4.49. The fraction of sp³-hybridized carbons (Fsp3) is 0.111. The Bertz CT molecular complexity index is 721. The van der Waals surface area contributed by atoms with Crippen LogP contribution in [0.4, 0.5) is 11.6 Å². The van der Waals surface area contributed by atoms with Crippen LogP contribution in [0.1, 0.15) is 5.56 Å². The lowest BCUT2D eigenvalue weighted by Gasteiger charge is -2.17. The van der Waals surface area contributed by atoms with E-state index in [2.05, 4.69) is 29.0 Å². The van der Waals surface area contributed by atoms with Gasteiger partial charge in [-0.3, -0.25) is 0 Å². The second kappa shape index (κ2) is 5.75. The summed E-state index contributed by atoms with van der Waals surface area (Å²) in [6.07, 6.45) is 3.76. The number of anilines is 2. The monoisotopic (exact) mass is 275 g/mol. The van der Waals surface area contributed by atoms with Crippen molar-refractivity contribution in [3.8, 4) is 11.1 Å². The van der Waals surface area contributed by atoms with E-state index >= 15 is 0 Å². The van der Waals surface area contributed by atoms with Gasteiger partial charge in [0.25, 0.3) is 0 Å². The molecule has 0 amide bonds. The molecule has 0 spiro atoms. The molecule has 21 heavy (non-hydrogen) atoms. The van der Waals surface area contributed by atoms with Gasteiger partial charge in [0.1, 0.15) is 0 Å². The molecule has 0 aliphatic rings. The Kier molecular flexibility index (Phi) is 3.65. The van der Waals surface area contributed by atoms with Crippen LogP contribution >= 0.6 is 0 Å². The number of aryl methyl sites for hydroxylation is 1. The fourth-order valence-electron chi connectivity index (χ4n) is 2.30. The number of para-hydroxylation sites is 1. The van der Waals surface area contributed by atoms with Crippen molar-refractivity contribution in [1.82, 2.24) is 9.97 Å². The van der Waals surface area contributed by atoms with Crippen molar-refractivity contribution in [2.45, 2.75) is 6.92 Å². The highest BCUT2D eigenvalue weighted by Gasteiger charge is 2.07. The molecule has 0 fully saturated rings. The highest BCUT2D eigenvalue weighted by molar-refractivity contribution is 5.66. The van der Waals surface area contributed by atoms with E-state index in [-0.39, 0.29) is 0 Å². The summed E-state index contributed by atoms with van der Waals surface area (Å²) in [5.41, 5.74) is 4.51. The molecule has 0 aliphatic carbocycles. The predicted octanol–water partition coefficient (Wildman–Crippen LogP) is 4.22. The predicted molar refractivity (Wildman–Crippen MR) is 86.7 cm³/mol. The van der Waals surface area contributed by atoms with E-state index < -0.39 is 0 Å². The van der Waals surface area contributed by atoms with Gasteiger partial charge in [0.05, 0.1) is 0 Å². The Hall–Kier alpha value is -2.68. The van der Waals surface area contributed by atoms with Crippen molar-refractivity contribution in [3.63, 3.8) is 0 Å². The molecule has 1 heterocycles. The summed E-state index contributed by atoms with van der Waals surface area (Å²) in [5, 5.41) is 0. The van der Waals surface area contributed by atoms with Gasteiger partial charge in [0.2, 0.25) is 5.95 Å². The lowest BCUT2D eigenvalue weighted by Crippen LogP contribution is -2.12. The molecular weight excluding hydrogens is 258 g/mol. The minimum absolute atomic E-state index is 0.693. The first-order valence-corrected chi connectivity index (χ1v) is 6.92. The molecule has 0 bridgehead atoms. The zero-order valence-corrected chi connectivity index (χ0v) is 12.2. The Morgan fingerprint density at radius 3 is 2.10 bits per heavy atom. The van der Waals surface area contributed by atoms with Crippen LogP contribution in [-0.4, -0.2) is 17.0 Å². The number of benzene rings is 2. The van der Waals surface area contributed by atoms with E-state index in [9.17, 15) is 0 Å². The summed E-state index contributed by atoms with van der Waals surface area (Å²) >= 11 is 0. The minimum atomic E-state index is 0.693. The van der Waals surface area contributed by atoms with Crippen molar-refractivity contribution in [3.05, 3.63) is 72.6 Å². The average molecular weight is 275 g/mol. The van der Waals surface area contributed by atoms with Gasteiger partial charge in [-0.15, -0.1) is 0 Å². The second-order valence-corrected chi connectivity index (χ2v) is 4.98. The number of hydrogen-bond donors (Lipinski definition) is 0. The first kappa shape index (κ1) is 13.3. The zero-order chi connectivity index (χ0) is 14.7. The third-order valence-electron chi connectivity index (χ3n) is 3.54. The summed E-state index contributed by atoms with van der Waals surface area (Å²) in [6, 6.07) is 18.4. The van der Waals surface area contributed by atoms with Crippen molar-refractivity contribution in [2.75, 3.05) is 11.9 Å². The van der Waals surface area contributed by atoms with Gasteiger partial charge in [-0.1, -0.05) is 42.5 Å². The van der Waals surface area contributed by atoms with Crippen molar-refractivity contribution >= 4 is 11.6 Å². The molecule has 104 valence electrons. The molecule has 2 aromatic carbocycles. The van der Waals surface area contributed by atoms with E-state index in [0.29, 0.717) is 5.95 Å². The number of rotatable bonds is 3. The van der Waals surface area contributed by atoms with E-state index in [0.717, 1.165) is 11.3 Å². The van der Waals surface area contributed by atoms with Gasteiger partial charge in [-0.25, -0.2) is 9.97 Å². The molecule has 3 aromatic rings. The molecule has 3 rings (SSSR count). The molecule has 1 aromatic heterocycles. The van der Waals surface area contributed by atoms with Crippen LogP contribution < -0.4 is 4.90 Å². The molecule has 0 saturated carbocycles. The highest BCUT2D eigenvalue weighted by atomic mass is 15.2. The average Bonchev–Trinajstić information content (AvgIpc) is 2.56. The van der Waals surface area contributed by atoms with Gasteiger partial charge in [0, 0.05) is 30.7 Å². The topological polar surface area (TPSA) is 29.0 Å². The SMILES string of the molecule is Cc1ccccc1-c1cnc(N(C)c2ccccc2)nc1. The first-order chi connectivity index (χ1) is 10.3. The lowest BCUT2D eigenvalue weighted by atomic mass is 10.0. The van der Waals surface area contributed by atoms with Crippen LogP contribution in [0.15, 0.2) is 67.0 Å². The van der Waals surface area contributed by atoms with Crippen LogP contribution in [-0.2, 0) is 0 Å². The summed E-state index contributed by atoms with van der Waals surface area (Å²) in [5.74, 6) is 0.693. The fourth-order valence-corrected chi connectivity index (χ4v) is 2.30. The lowest BCUT2D eigenvalue weighted by molar-refractivity contribution is 1.04. The van der Waals surface area contributed by atoms with Crippen LogP contribution in [0.5, 0.6) is 0 Å². The van der Waals surface area contributed by atoms with Gasteiger partial charge in [-0.05, 0) is 30.2 Å². The largest absolute Gasteiger partial charge is 0.314 e. The Morgan fingerprint density at radius 1 is 0.810 bits per heavy atom. The maximum Gasteiger partial charge on any atom is 0.229 e. The molecule has 0 saturated heterocycles. The molecule has 3 nitrogen and oxygen atoms in total. The highest BCUT2D eigenvalue weighted by Crippen LogP contribution is 2.24. The van der Waals surface area contributed by atoms with Crippen molar-refractivity contribution < 1.29 is 0 Å². The Labute approximate surface area is 124 Å². The van der Waals surface area contributed by atoms with Crippen molar-refractivity contribution in [1.29, 1.82) is 0 Å². The van der Waals surface area contributed by atoms with Gasteiger partial charge < -0.3 is 4.90 Å². The number of hydrogen-bond acceptors (Lipinski definition) is 3. The molecule has 0 N–H and O–H groups in total. The summed E-state index contributed by atoms with van der Waals surface area (Å²) < 4.78 is 0. The van der Waals surface area contributed by atoms with Crippen LogP contribution in [0.2, 0.25) is 0 Å². The summed E-state index contributed by atoms with van der Waals surface area (Å²) in [7, 11) is 1.97. The summed E-state index contributed by atoms with van der Waals surface area (Å²) in [6.45, 7) is 2.10. The Morgan fingerprint density at radius 2 is 1.43 bits per heavy atom. The zero-order valence-electron chi connectivity index (χ0n) is 12.2. The van der Waals surface area contributed by atoms with Crippen molar-refractivity contribution in [2.24, 2.45) is 0 Å². The minimum Gasteiger partial charge on any atom is -0.314 e. The normalized spacial score (nSPS) is 10.4. The smallest absolute Gasteiger partial charge is 0.229 e. The number of nitrogens with zero attached hydrogens (tertiary/aromatic N) is 3. The van der Waals surface area contributed by atoms with E-state index in [4.69, 9.17) is 0 Å². The molecule has 0 aliphatic heterocycles. The molecule has 0 unspecified atom stereocenters. The Balaban J connectivity index is 1.90. The second-order valence-electron chi connectivity index (χ2n) is 4.98. The van der Waals surface area contributed by atoms with Gasteiger partial charge in [-0.2, -0.15) is 0 Å². The third kappa shape index (κ3) is 2.77.